The average Bonchev–Trinajstić information content (AvgIpc) is 3.34. The van der Waals surface area contributed by atoms with E-state index in [2.05, 4.69) is 9.97 Å². The maximum absolute atomic E-state index is 13.4. The first-order valence-electron chi connectivity index (χ1n) is 10.8. The van der Waals surface area contributed by atoms with Crippen molar-refractivity contribution in [1.29, 1.82) is 0 Å². The van der Waals surface area contributed by atoms with Crippen molar-refractivity contribution in [3.8, 4) is 11.4 Å². The van der Waals surface area contributed by atoms with Gasteiger partial charge in [0.25, 0.3) is 5.91 Å². The molecule has 0 radical (unpaired) electrons. The minimum Gasteiger partial charge on any atom is -0.466 e. The van der Waals surface area contributed by atoms with E-state index in [-0.39, 0.29) is 11.9 Å². The minimum atomic E-state index is -0.798. The molecular weight excluding hydrogens is 426 g/mol. The molecule has 1 fully saturated rings. The summed E-state index contributed by atoms with van der Waals surface area (Å²) in [6.45, 7) is 3.01. The first-order valence-corrected chi connectivity index (χ1v) is 11.2. The molecule has 0 bridgehead atoms. The molecule has 1 atom stereocenters. The Labute approximate surface area is 192 Å². The molecule has 32 heavy (non-hydrogen) atoms. The maximum Gasteiger partial charge on any atom is 0.314 e. The quantitative estimate of drug-likeness (QED) is 0.548. The first kappa shape index (κ1) is 22.1. The smallest absolute Gasteiger partial charge is 0.314 e. The molecule has 1 N–H and O–H groups in total. The van der Waals surface area contributed by atoms with Crippen LogP contribution in [-0.4, -0.2) is 46.4 Å². The number of aromatic amines is 1. The number of ether oxygens (including phenoxy) is 1. The van der Waals surface area contributed by atoms with E-state index in [1.807, 2.05) is 42.5 Å². The van der Waals surface area contributed by atoms with Gasteiger partial charge in [-0.2, -0.15) is 0 Å². The summed E-state index contributed by atoms with van der Waals surface area (Å²) in [5.41, 5.74) is 1.57. The van der Waals surface area contributed by atoms with E-state index in [9.17, 15) is 9.59 Å². The fraction of sp³-hybridized carbons (Fsp3) is 0.320. The Bertz CT molecular complexity index is 1100. The zero-order valence-corrected chi connectivity index (χ0v) is 18.8. The molecule has 166 valence electrons. The third kappa shape index (κ3) is 4.70. The lowest BCUT2D eigenvalue weighted by Gasteiger charge is -2.41. The third-order valence-corrected chi connectivity index (χ3v) is 6.12. The summed E-state index contributed by atoms with van der Waals surface area (Å²) in [7, 11) is 0. The van der Waals surface area contributed by atoms with Crippen LogP contribution in [0.25, 0.3) is 11.4 Å². The lowest BCUT2D eigenvalue weighted by atomic mass is 9.75. The molecule has 3 aromatic rings. The van der Waals surface area contributed by atoms with E-state index < -0.39 is 5.41 Å². The van der Waals surface area contributed by atoms with Crippen LogP contribution in [0.2, 0.25) is 5.02 Å². The molecule has 2 aromatic carbocycles. The number of carbonyl (C=O) groups is 2. The van der Waals surface area contributed by atoms with Gasteiger partial charge in [0.05, 0.1) is 12.0 Å². The van der Waals surface area contributed by atoms with Gasteiger partial charge in [-0.25, -0.2) is 4.98 Å². The van der Waals surface area contributed by atoms with Gasteiger partial charge in [0.2, 0.25) is 0 Å². The molecule has 0 spiro atoms. The SMILES string of the molecule is CCOC(=O)C1(Cc2cccc(Cl)c2)CCCN(C(=O)c2cccc(-c3ncc[nH]3)c2)C1. The summed E-state index contributed by atoms with van der Waals surface area (Å²) in [6.07, 6.45) is 5.29. The third-order valence-electron chi connectivity index (χ3n) is 5.89. The highest BCUT2D eigenvalue weighted by Gasteiger charge is 2.45. The molecule has 1 aliphatic heterocycles. The van der Waals surface area contributed by atoms with Crippen molar-refractivity contribution < 1.29 is 14.3 Å². The first-order chi connectivity index (χ1) is 15.5. The number of imidazole rings is 1. The van der Waals surface area contributed by atoms with Crippen molar-refractivity contribution in [2.24, 2.45) is 5.41 Å². The molecule has 1 saturated heterocycles. The summed E-state index contributed by atoms with van der Waals surface area (Å²) in [5, 5.41) is 0.625. The molecule has 2 heterocycles. The van der Waals surface area contributed by atoms with Crippen LogP contribution in [0, 0.1) is 5.41 Å². The molecule has 1 aliphatic rings. The highest BCUT2D eigenvalue weighted by Crippen LogP contribution is 2.36. The number of halogens is 1. The van der Waals surface area contributed by atoms with Gasteiger partial charge in [-0.05, 0) is 56.0 Å². The maximum atomic E-state index is 13.4. The molecular formula is C25H26ClN3O3. The zero-order valence-electron chi connectivity index (χ0n) is 18.0. The molecule has 1 unspecified atom stereocenters. The summed E-state index contributed by atoms with van der Waals surface area (Å²) >= 11 is 6.18. The Morgan fingerprint density at radius 3 is 2.81 bits per heavy atom. The predicted molar refractivity (Wildman–Crippen MR) is 123 cm³/mol. The minimum absolute atomic E-state index is 0.0992. The van der Waals surface area contributed by atoms with Crippen LogP contribution in [0.1, 0.15) is 35.7 Å². The second-order valence-electron chi connectivity index (χ2n) is 8.16. The van der Waals surface area contributed by atoms with Crippen LogP contribution in [-0.2, 0) is 16.0 Å². The molecule has 0 saturated carbocycles. The van der Waals surface area contributed by atoms with E-state index >= 15 is 0 Å². The van der Waals surface area contributed by atoms with Gasteiger partial charge < -0.3 is 14.6 Å². The van der Waals surface area contributed by atoms with Gasteiger partial charge in [-0.3, -0.25) is 9.59 Å². The van der Waals surface area contributed by atoms with Gasteiger partial charge in [-0.15, -0.1) is 0 Å². The van der Waals surface area contributed by atoms with Crippen LogP contribution >= 0.6 is 11.6 Å². The van der Waals surface area contributed by atoms with Crippen molar-refractivity contribution in [1.82, 2.24) is 14.9 Å². The number of H-pyrrole nitrogens is 1. The molecule has 6 nitrogen and oxygen atoms in total. The number of amides is 1. The number of benzene rings is 2. The Morgan fingerprint density at radius 1 is 1.22 bits per heavy atom. The normalized spacial score (nSPS) is 18.4. The Kier molecular flexibility index (Phi) is 6.61. The summed E-state index contributed by atoms with van der Waals surface area (Å²) < 4.78 is 5.47. The fourth-order valence-electron chi connectivity index (χ4n) is 4.42. The summed E-state index contributed by atoms with van der Waals surface area (Å²) in [6, 6.07) is 14.9. The number of piperidine rings is 1. The lowest BCUT2D eigenvalue weighted by Crippen LogP contribution is -2.51. The highest BCUT2D eigenvalue weighted by molar-refractivity contribution is 6.30. The van der Waals surface area contributed by atoms with Crippen molar-refractivity contribution >= 4 is 23.5 Å². The second-order valence-corrected chi connectivity index (χ2v) is 8.59. The molecule has 4 rings (SSSR count). The van der Waals surface area contributed by atoms with Gasteiger partial charge in [0.1, 0.15) is 5.82 Å². The van der Waals surface area contributed by atoms with E-state index in [1.165, 1.54) is 0 Å². The van der Waals surface area contributed by atoms with Gasteiger partial charge in [-0.1, -0.05) is 35.9 Å². The number of rotatable bonds is 6. The Balaban J connectivity index is 1.60. The number of carbonyl (C=O) groups excluding carboxylic acids is 2. The van der Waals surface area contributed by atoms with Crippen LogP contribution in [0.5, 0.6) is 0 Å². The standard InChI is InChI=1S/C25H26ClN3O3/c1-2-32-24(31)25(16-18-6-3-9-21(26)14-18)10-5-13-29(17-25)23(30)20-8-4-7-19(15-20)22-27-11-12-28-22/h3-4,6-9,11-12,14-15H,2,5,10,13,16-17H2,1H3,(H,27,28). The van der Waals surface area contributed by atoms with Crippen LogP contribution in [0.15, 0.2) is 60.9 Å². The fourth-order valence-corrected chi connectivity index (χ4v) is 4.63. The molecule has 0 aliphatic carbocycles. The monoisotopic (exact) mass is 451 g/mol. The number of esters is 1. The largest absolute Gasteiger partial charge is 0.466 e. The predicted octanol–water partition coefficient (Wildman–Crippen LogP) is 4.76. The average molecular weight is 452 g/mol. The van der Waals surface area contributed by atoms with Crippen LogP contribution < -0.4 is 0 Å². The van der Waals surface area contributed by atoms with Crippen molar-refractivity contribution in [2.75, 3.05) is 19.7 Å². The lowest BCUT2D eigenvalue weighted by molar-refractivity contribution is -0.158. The number of nitrogens with zero attached hydrogens (tertiary/aromatic N) is 2. The van der Waals surface area contributed by atoms with Gasteiger partial charge in [0, 0.05) is 41.6 Å². The number of nitrogens with one attached hydrogen (secondary N) is 1. The summed E-state index contributed by atoms with van der Waals surface area (Å²) in [4.78, 5) is 35.6. The van der Waals surface area contributed by atoms with Crippen molar-refractivity contribution in [3.05, 3.63) is 77.1 Å². The van der Waals surface area contributed by atoms with Crippen molar-refractivity contribution in [3.63, 3.8) is 0 Å². The van der Waals surface area contributed by atoms with Crippen LogP contribution in [0.3, 0.4) is 0 Å². The van der Waals surface area contributed by atoms with Crippen molar-refractivity contribution in [2.45, 2.75) is 26.2 Å². The van der Waals surface area contributed by atoms with E-state index in [1.54, 1.807) is 30.3 Å². The topological polar surface area (TPSA) is 75.3 Å². The number of hydrogen-bond acceptors (Lipinski definition) is 4. The Hall–Kier alpha value is -3.12. The molecule has 7 heteroatoms. The van der Waals surface area contributed by atoms with Gasteiger partial charge >= 0.3 is 5.97 Å². The molecule has 1 amide bonds. The van der Waals surface area contributed by atoms with E-state index in [4.69, 9.17) is 16.3 Å². The van der Waals surface area contributed by atoms with Crippen LogP contribution in [0.4, 0.5) is 0 Å². The zero-order chi connectivity index (χ0) is 22.6. The van der Waals surface area contributed by atoms with E-state index in [0.717, 1.165) is 17.5 Å². The number of aromatic nitrogens is 2. The number of hydrogen-bond donors (Lipinski definition) is 1. The van der Waals surface area contributed by atoms with Gasteiger partial charge in [0.15, 0.2) is 0 Å². The number of likely N-dealkylation sites (tertiary alicyclic amines) is 1. The second kappa shape index (κ2) is 9.57. The molecule has 1 aromatic heterocycles. The van der Waals surface area contributed by atoms with E-state index in [0.29, 0.717) is 48.9 Å². The summed E-state index contributed by atoms with van der Waals surface area (Å²) in [5.74, 6) is 0.347. The Morgan fingerprint density at radius 2 is 2.06 bits per heavy atom. The highest BCUT2D eigenvalue weighted by atomic mass is 35.5.